The quantitative estimate of drug-likeness (QED) is 0.513. The van der Waals surface area contributed by atoms with Gasteiger partial charge in [-0.1, -0.05) is 35.5 Å². The number of aromatic nitrogens is 2. The molecule has 0 bridgehead atoms. The number of carbonyl (C=O) groups excluding carboxylic acids is 2. The van der Waals surface area contributed by atoms with Crippen LogP contribution in [0.5, 0.6) is 11.5 Å². The largest absolute Gasteiger partial charge is 0.493 e. The van der Waals surface area contributed by atoms with E-state index in [1.54, 1.807) is 38.5 Å². The van der Waals surface area contributed by atoms with Crippen LogP contribution in [0, 0.1) is 0 Å². The van der Waals surface area contributed by atoms with E-state index in [0.717, 1.165) is 16.8 Å². The van der Waals surface area contributed by atoms with Crippen molar-refractivity contribution in [1.82, 2.24) is 15.2 Å². The van der Waals surface area contributed by atoms with Gasteiger partial charge in [0.15, 0.2) is 22.3 Å². The molecule has 174 valence electrons. The van der Waals surface area contributed by atoms with Gasteiger partial charge in [-0.3, -0.25) is 9.59 Å². The third kappa shape index (κ3) is 5.46. The summed E-state index contributed by atoms with van der Waals surface area (Å²) in [5.74, 6) is 1.24. The van der Waals surface area contributed by atoms with Gasteiger partial charge in [0.2, 0.25) is 0 Å². The average molecular weight is 498 g/mol. The van der Waals surface area contributed by atoms with Crippen molar-refractivity contribution in [3.05, 3.63) is 76.6 Å². The van der Waals surface area contributed by atoms with Gasteiger partial charge in [0.25, 0.3) is 5.91 Å². The lowest BCUT2D eigenvalue weighted by atomic mass is 10.1. The Morgan fingerprint density at radius 1 is 1.09 bits per heavy atom. The molecule has 3 aromatic rings. The number of nitrogens with zero attached hydrogens (tertiary/aromatic N) is 4. The number of ether oxygens (including phenoxy) is 2. The number of rotatable bonds is 7. The van der Waals surface area contributed by atoms with Gasteiger partial charge in [-0.2, -0.15) is 5.10 Å². The highest BCUT2D eigenvalue weighted by molar-refractivity contribution is 8.14. The van der Waals surface area contributed by atoms with Gasteiger partial charge in [-0.05, 0) is 48.0 Å². The summed E-state index contributed by atoms with van der Waals surface area (Å²) in [5, 5.41) is 16.2. The van der Waals surface area contributed by atoms with E-state index in [9.17, 15) is 9.59 Å². The monoisotopic (exact) mass is 497 g/mol. The van der Waals surface area contributed by atoms with Crippen molar-refractivity contribution in [3.8, 4) is 11.5 Å². The summed E-state index contributed by atoms with van der Waals surface area (Å²) < 4.78 is 10.7. The number of amides is 2. The molecular weight excluding hydrogens is 478 g/mol. The number of anilines is 1. The second-order valence-electron chi connectivity index (χ2n) is 7.12. The summed E-state index contributed by atoms with van der Waals surface area (Å²) >= 11 is 6.89. The third-order valence-corrected chi connectivity index (χ3v) is 5.96. The molecule has 0 saturated heterocycles. The number of nitrogens with one attached hydrogen (secondary N) is 1. The van der Waals surface area contributed by atoms with Crippen LogP contribution in [0.4, 0.5) is 10.5 Å². The Bertz CT molecular complexity index is 1250. The molecule has 0 spiro atoms. The molecule has 11 heteroatoms. The van der Waals surface area contributed by atoms with E-state index >= 15 is 0 Å². The zero-order chi connectivity index (χ0) is 24.1. The van der Waals surface area contributed by atoms with Gasteiger partial charge in [0, 0.05) is 17.0 Å². The Morgan fingerprint density at radius 3 is 2.65 bits per heavy atom. The van der Waals surface area contributed by atoms with Crippen molar-refractivity contribution < 1.29 is 19.1 Å². The molecule has 9 nitrogen and oxygen atoms in total. The fourth-order valence-electron chi connectivity index (χ4n) is 3.23. The highest BCUT2D eigenvalue weighted by Crippen LogP contribution is 2.30. The minimum absolute atomic E-state index is 0.140. The molecule has 1 aromatic heterocycles. The average Bonchev–Trinajstić information content (AvgIpc) is 2.85. The zero-order valence-corrected chi connectivity index (χ0v) is 19.9. The van der Waals surface area contributed by atoms with Gasteiger partial charge in [0.05, 0.1) is 26.5 Å². The summed E-state index contributed by atoms with van der Waals surface area (Å²) in [6.45, 7) is 0.243. The Kier molecular flexibility index (Phi) is 7.29. The maximum absolute atomic E-state index is 12.5. The van der Waals surface area contributed by atoms with E-state index in [0.29, 0.717) is 22.9 Å². The molecule has 0 fully saturated rings. The smallest absolute Gasteiger partial charge is 0.302 e. The molecule has 1 N–H and O–H groups in total. The summed E-state index contributed by atoms with van der Waals surface area (Å²) in [4.78, 5) is 24.9. The first-order valence-corrected chi connectivity index (χ1v) is 11.5. The number of halogens is 1. The number of carbonyl (C=O) groups is 2. The maximum atomic E-state index is 12.5. The van der Waals surface area contributed by atoms with Crippen LogP contribution in [0.1, 0.15) is 21.6 Å². The van der Waals surface area contributed by atoms with Crippen molar-refractivity contribution >= 4 is 45.9 Å². The molecule has 0 unspecified atom stereocenters. The lowest BCUT2D eigenvalue weighted by Gasteiger charge is -2.23. The lowest BCUT2D eigenvalue weighted by molar-refractivity contribution is 0.102. The Morgan fingerprint density at radius 2 is 1.91 bits per heavy atom. The van der Waals surface area contributed by atoms with Crippen LogP contribution >= 0.6 is 23.4 Å². The minimum Gasteiger partial charge on any atom is -0.493 e. The number of hydrazone groups is 1. The molecule has 4 rings (SSSR count). The molecule has 0 radical (unpaired) electrons. The summed E-state index contributed by atoms with van der Waals surface area (Å²) in [6.07, 6.45) is 0. The van der Waals surface area contributed by atoms with E-state index in [-0.39, 0.29) is 22.6 Å². The van der Waals surface area contributed by atoms with Crippen LogP contribution in [-0.2, 0) is 6.54 Å². The van der Waals surface area contributed by atoms with Crippen molar-refractivity contribution in [2.75, 3.05) is 25.3 Å². The fourth-order valence-corrected chi connectivity index (χ4v) is 4.07. The molecule has 2 aromatic carbocycles. The standard InChI is InChI=1S/C23H20ClN5O4S/c1-32-19-8-6-15(11-20(19)33-2)18-13-34-23(31)29(28-18)12-14-4-3-5-16(10-14)25-22(30)17-7-9-21(24)27-26-17/h3-11H,12-13H2,1-2H3,(H,25,30). The summed E-state index contributed by atoms with van der Waals surface area (Å²) in [6, 6.07) is 15.7. The summed E-state index contributed by atoms with van der Waals surface area (Å²) in [7, 11) is 3.14. The Balaban J connectivity index is 1.51. The van der Waals surface area contributed by atoms with Gasteiger partial charge in [-0.25, -0.2) is 5.01 Å². The first-order chi connectivity index (χ1) is 16.5. The molecule has 0 atom stereocenters. The highest BCUT2D eigenvalue weighted by Gasteiger charge is 2.23. The topological polar surface area (TPSA) is 106 Å². The zero-order valence-electron chi connectivity index (χ0n) is 18.3. The predicted octanol–water partition coefficient (Wildman–Crippen LogP) is 4.47. The molecule has 0 saturated carbocycles. The number of benzene rings is 2. The van der Waals surface area contributed by atoms with Crippen LogP contribution < -0.4 is 14.8 Å². The Labute approximate surface area is 205 Å². The number of hydrogen-bond acceptors (Lipinski definition) is 8. The van der Waals surface area contributed by atoms with Gasteiger partial charge in [-0.15, -0.1) is 10.2 Å². The number of hydrogen-bond donors (Lipinski definition) is 1. The van der Waals surface area contributed by atoms with E-state index in [4.69, 9.17) is 21.1 Å². The molecular formula is C23H20ClN5O4S. The summed E-state index contributed by atoms with van der Waals surface area (Å²) in [5.41, 5.74) is 3.08. The second kappa shape index (κ2) is 10.5. The highest BCUT2D eigenvalue weighted by atomic mass is 35.5. The number of thioether (sulfide) groups is 1. The van der Waals surface area contributed by atoms with Crippen molar-refractivity contribution in [1.29, 1.82) is 0 Å². The number of methoxy groups -OCH3 is 2. The predicted molar refractivity (Wildman–Crippen MR) is 131 cm³/mol. The molecule has 2 heterocycles. The maximum Gasteiger partial charge on any atom is 0.302 e. The second-order valence-corrected chi connectivity index (χ2v) is 8.44. The fraction of sp³-hybridized carbons (Fsp3) is 0.174. The van der Waals surface area contributed by atoms with Crippen molar-refractivity contribution in [3.63, 3.8) is 0 Å². The van der Waals surface area contributed by atoms with Gasteiger partial charge < -0.3 is 14.8 Å². The first kappa shape index (κ1) is 23.5. The normalized spacial score (nSPS) is 13.3. The van der Waals surface area contributed by atoms with Crippen LogP contribution in [0.3, 0.4) is 0 Å². The molecule has 2 amide bonds. The SMILES string of the molecule is COc1ccc(C2=NN(Cc3cccc(NC(=O)c4ccc(Cl)nn4)c3)C(=O)SC2)cc1OC. The molecule has 34 heavy (non-hydrogen) atoms. The van der Waals surface area contributed by atoms with E-state index in [1.165, 1.54) is 28.9 Å². The van der Waals surface area contributed by atoms with E-state index in [1.807, 2.05) is 18.2 Å². The van der Waals surface area contributed by atoms with Crippen LogP contribution in [0.25, 0.3) is 0 Å². The minimum atomic E-state index is -0.417. The van der Waals surface area contributed by atoms with Crippen molar-refractivity contribution in [2.24, 2.45) is 5.10 Å². The van der Waals surface area contributed by atoms with Crippen molar-refractivity contribution in [2.45, 2.75) is 6.54 Å². The van der Waals surface area contributed by atoms with Gasteiger partial charge in [0.1, 0.15) is 0 Å². The lowest BCUT2D eigenvalue weighted by Crippen LogP contribution is -2.29. The molecule has 0 aliphatic carbocycles. The van der Waals surface area contributed by atoms with Gasteiger partial charge >= 0.3 is 5.24 Å². The third-order valence-electron chi connectivity index (χ3n) is 4.88. The first-order valence-electron chi connectivity index (χ1n) is 10.1. The Hall–Kier alpha value is -3.63. The van der Waals surface area contributed by atoms with E-state index in [2.05, 4.69) is 20.6 Å². The van der Waals surface area contributed by atoms with E-state index < -0.39 is 5.91 Å². The molecule has 1 aliphatic heterocycles. The van der Waals surface area contributed by atoms with Crippen LogP contribution in [0.2, 0.25) is 5.15 Å². The van der Waals surface area contributed by atoms with Crippen LogP contribution in [0.15, 0.2) is 59.7 Å². The molecule has 1 aliphatic rings. The van der Waals surface area contributed by atoms with Crippen LogP contribution in [-0.4, -0.2) is 52.0 Å².